The molecule has 2 rings (SSSR count). The van der Waals surface area contributed by atoms with Gasteiger partial charge in [-0.1, -0.05) is 26.0 Å². The van der Waals surface area contributed by atoms with Crippen molar-refractivity contribution in [2.45, 2.75) is 45.6 Å². The van der Waals surface area contributed by atoms with Gasteiger partial charge >= 0.3 is 6.03 Å². The van der Waals surface area contributed by atoms with Crippen LogP contribution in [0.2, 0.25) is 0 Å². The maximum Gasteiger partial charge on any atom is 0.319 e. The molecule has 0 unspecified atom stereocenters. The maximum absolute atomic E-state index is 12.2. The smallest absolute Gasteiger partial charge is 0.319 e. The summed E-state index contributed by atoms with van der Waals surface area (Å²) in [6.45, 7) is 5.04. The predicted octanol–water partition coefficient (Wildman–Crippen LogP) is 3.39. The molecule has 5 heteroatoms. The van der Waals surface area contributed by atoms with Gasteiger partial charge in [0.15, 0.2) is 0 Å². The Morgan fingerprint density at radius 1 is 1.26 bits per heavy atom. The van der Waals surface area contributed by atoms with E-state index >= 15 is 0 Å². The van der Waals surface area contributed by atoms with Crippen molar-refractivity contribution in [3.8, 4) is 5.75 Å². The van der Waals surface area contributed by atoms with Crippen LogP contribution in [0.4, 0.5) is 10.5 Å². The first-order chi connectivity index (χ1) is 11.1. The fourth-order valence-corrected chi connectivity index (χ4v) is 2.79. The largest absolute Gasteiger partial charge is 0.491 e. The van der Waals surface area contributed by atoms with Gasteiger partial charge < -0.3 is 20.5 Å². The van der Waals surface area contributed by atoms with Crippen molar-refractivity contribution in [1.29, 1.82) is 0 Å². The monoisotopic (exact) mass is 320 g/mol. The van der Waals surface area contributed by atoms with E-state index < -0.39 is 0 Å². The van der Waals surface area contributed by atoms with Crippen molar-refractivity contribution in [3.63, 3.8) is 0 Å². The third-order valence-corrected chi connectivity index (χ3v) is 4.15. The van der Waals surface area contributed by atoms with E-state index in [0.717, 1.165) is 25.7 Å². The van der Waals surface area contributed by atoms with Gasteiger partial charge in [-0.3, -0.25) is 0 Å². The van der Waals surface area contributed by atoms with Gasteiger partial charge in [-0.25, -0.2) is 4.79 Å². The maximum atomic E-state index is 12.2. The van der Waals surface area contributed by atoms with E-state index in [4.69, 9.17) is 9.84 Å². The van der Waals surface area contributed by atoms with Crippen molar-refractivity contribution in [2.75, 3.05) is 18.5 Å². The van der Waals surface area contributed by atoms with Crippen LogP contribution >= 0.6 is 0 Å². The number of urea groups is 1. The number of para-hydroxylation sites is 2. The highest BCUT2D eigenvalue weighted by molar-refractivity contribution is 5.91. The zero-order valence-corrected chi connectivity index (χ0v) is 14.0. The van der Waals surface area contributed by atoms with Gasteiger partial charge in [0, 0.05) is 12.6 Å². The number of nitrogens with one attached hydrogen (secondary N) is 2. The van der Waals surface area contributed by atoms with E-state index in [1.807, 2.05) is 24.3 Å². The number of hydrogen-bond acceptors (Lipinski definition) is 3. The summed E-state index contributed by atoms with van der Waals surface area (Å²) in [5.74, 6) is 1.51. The lowest BCUT2D eigenvalue weighted by molar-refractivity contribution is 0.176. The minimum atomic E-state index is -0.196. The minimum absolute atomic E-state index is 0.182. The molecule has 0 radical (unpaired) electrons. The summed E-state index contributed by atoms with van der Waals surface area (Å²) < 4.78 is 5.75. The van der Waals surface area contributed by atoms with Gasteiger partial charge in [0.1, 0.15) is 5.75 Å². The van der Waals surface area contributed by atoms with Crippen LogP contribution in [0, 0.1) is 11.8 Å². The topological polar surface area (TPSA) is 70.6 Å². The van der Waals surface area contributed by atoms with Crippen molar-refractivity contribution < 1.29 is 14.6 Å². The predicted molar refractivity (Wildman–Crippen MR) is 91.8 cm³/mol. The van der Waals surface area contributed by atoms with Crippen LogP contribution in [0.3, 0.4) is 0 Å². The highest BCUT2D eigenvalue weighted by Crippen LogP contribution is 2.26. The summed E-state index contributed by atoms with van der Waals surface area (Å²) in [7, 11) is 0. The Balaban J connectivity index is 1.85. The molecule has 1 fully saturated rings. The molecule has 0 spiro atoms. The first-order valence-corrected chi connectivity index (χ1v) is 8.48. The first-order valence-electron chi connectivity index (χ1n) is 8.48. The van der Waals surface area contributed by atoms with Crippen LogP contribution in [0.5, 0.6) is 5.75 Å². The Kier molecular flexibility index (Phi) is 6.71. The molecule has 23 heavy (non-hydrogen) atoms. The summed E-state index contributed by atoms with van der Waals surface area (Å²) >= 11 is 0. The lowest BCUT2D eigenvalue weighted by atomic mass is 9.87. The SMILES string of the molecule is CC(C)COc1ccccc1NC(=O)NC1CCC(CO)CC1. The summed E-state index contributed by atoms with van der Waals surface area (Å²) in [6, 6.07) is 7.47. The number of hydrogen-bond donors (Lipinski definition) is 3. The third kappa shape index (κ3) is 5.75. The Bertz CT molecular complexity index is 497. The quantitative estimate of drug-likeness (QED) is 0.752. The van der Waals surface area contributed by atoms with Crippen molar-refractivity contribution in [3.05, 3.63) is 24.3 Å². The number of anilines is 1. The molecule has 5 nitrogen and oxygen atoms in total. The Labute approximate surface area is 138 Å². The van der Waals surface area contributed by atoms with Gasteiger partial charge in [0.25, 0.3) is 0 Å². The summed E-state index contributed by atoms with van der Waals surface area (Å²) in [5, 5.41) is 15.1. The molecule has 0 atom stereocenters. The van der Waals surface area contributed by atoms with Crippen LogP contribution in [-0.2, 0) is 0 Å². The second-order valence-electron chi connectivity index (χ2n) is 6.70. The second kappa shape index (κ2) is 8.77. The minimum Gasteiger partial charge on any atom is -0.491 e. The van der Waals surface area contributed by atoms with Gasteiger partial charge in [-0.2, -0.15) is 0 Å². The molecule has 2 amide bonds. The van der Waals surface area contributed by atoms with E-state index in [1.54, 1.807) is 0 Å². The number of amides is 2. The molecule has 0 heterocycles. The molecule has 1 aliphatic rings. The Morgan fingerprint density at radius 2 is 1.96 bits per heavy atom. The van der Waals surface area contributed by atoms with Crippen molar-refractivity contribution >= 4 is 11.7 Å². The van der Waals surface area contributed by atoms with E-state index in [2.05, 4.69) is 24.5 Å². The molecule has 1 aromatic rings. The Morgan fingerprint density at radius 3 is 2.61 bits per heavy atom. The van der Waals surface area contributed by atoms with E-state index in [1.165, 1.54) is 0 Å². The molecule has 0 saturated heterocycles. The summed E-state index contributed by atoms with van der Waals surface area (Å²) in [4.78, 5) is 12.2. The average Bonchev–Trinajstić information content (AvgIpc) is 2.54. The number of benzene rings is 1. The van der Waals surface area contributed by atoms with Gasteiger partial charge in [-0.15, -0.1) is 0 Å². The molecule has 0 aliphatic heterocycles. The molecule has 3 N–H and O–H groups in total. The second-order valence-corrected chi connectivity index (χ2v) is 6.70. The van der Waals surface area contributed by atoms with Crippen LogP contribution < -0.4 is 15.4 Å². The van der Waals surface area contributed by atoms with Crippen molar-refractivity contribution in [2.24, 2.45) is 11.8 Å². The molecule has 0 bridgehead atoms. The average molecular weight is 320 g/mol. The molecule has 0 aromatic heterocycles. The summed E-state index contributed by atoms with van der Waals surface area (Å²) in [5.41, 5.74) is 0.690. The highest BCUT2D eigenvalue weighted by Gasteiger charge is 2.22. The molecule has 1 aromatic carbocycles. The normalized spacial score (nSPS) is 21.0. The van der Waals surface area contributed by atoms with E-state index in [0.29, 0.717) is 29.9 Å². The summed E-state index contributed by atoms with van der Waals surface area (Å²) in [6.07, 6.45) is 3.78. The number of carbonyl (C=O) groups excluding carboxylic acids is 1. The van der Waals surface area contributed by atoms with E-state index in [-0.39, 0.29) is 18.7 Å². The highest BCUT2D eigenvalue weighted by atomic mass is 16.5. The fourth-order valence-electron chi connectivity index (χ4n) is 2.79. The number of aliphatic hydroxyl groups is 1. The Hall–Kier alpha value is -1.75. The molecular weight excluding hydrogens is 292 g/mol. The number of aliphatic hydroxyl groups excluding tert-OH is 1. The molecular formula is C18H28N2O3. The van der Waals surface area contributed by atoms with Crippen LogP contribution in [0.15, 0.2) is 24.3 Å². The zero-order chi connectivity index (χ0) is 16.7. The molecule has 128 valence electrons. The van der Waals surface area contributed by atoms with Gasteiger partial charge in [0.2, 0.25) is 0 Å². The molecule has 1 saturated carbocycles. The van der Waals surface area contributed by atoms with Crippen LogP contribution in [0.1, 0.15) is 39.5 Å². The zero-order valence-electron chi connectivity index (χ0n) is 14.0. The van der Waals surface area contributed by atoms with Gasteiger partial charge in [-0.05, 0) is 49.7 Å². The number of carbonyl (C=O) groups is 1. The lowest BCUT2D eigenvalue weighted by Crippen LogP contribution is -2.40. The molecule has 1 aliphatic carbocycles. The third-order valence-electron chi connectivity index (χ3n) is 4.15. The lowest BCUT2D eigenvalue weighted by Gasteiger charge is -2.28. The van der Waals surface area contributed by atoms with Crippen LogP contribution in [-0.4, -0.2) is 30.4 Å². The van der Waals surface area contributed by atoms with Gasteiger partial charge in [0.05, 0.1) is 12.3 Å². The van der Waals surface area contributed by atoms with Crippen LogP contribution in [0.25, 0.3) is 0 Å². The number of ether oxygens (including phenoxy) is 1. The van der Waals surface area contributed by atoms with E-state index in [9.17, 15) is 4.79 Å². The fraction of sp³-hybridized carbons (Fsp3) is 0.611. The first kappa shape index (κ1) is 17.6. The number of rotatable bonds is 6. The standard InChI is InChI=1S/C18H28N2O3/c1-13(2)12-23-17-6-4-3-5-16(17)20-18(22)19-15-9-7-14(11-21)8-10-15/h3-6,13-15,21H,7-12H2,1-2H3,(H2,19,20,22). The van der Waals surface area contributed by atoms with Crippen molar-refractivity contribution in [1.82, 2.24) is 5.32 Å².